The first kappa shape index (κ1) is 23.2. The highest BCUT2D eigenvalue weighted by molar-refractivity contribution is 6.21. The number of benzene rings is 3. The lowest BCUT2D eigenvalue weighted by Gasteiger charge is -2.28. The molecule has 7 nitrogen and oxygen atoms in total. The standard InChI is InChI=1S/C29H25NO6/c1-16-8-9-17(2)21(14-16)30-25(18-10-12-20(34-3)13-11-18)24(27(32)29(30)33)26(31)23-15-19-6-5-7-22(35-4)28(19)36-23/h5-15,25,32H,1-4H3. The maximum absolute atomic E-state index is 13.9. The first-order chi connectivity index (χ1) is 17.3. The van der Waals surface area contributed by atoms with Crippen LogP contribution in [0.5, 0.6) is 11.5 Å². The van der Waals surface area contributed by atoms with Crippen molar-refractivity contribution in [1.29, 1.82) is 0 Å². The van der Waals surface area contributed by atoms with E-state index >= 15 is 0 Å². The number of furan rings is 1. The Labute approximate surface area is 208 Å². The summed E-state index contributed by atoms with van der Waals surface area (Å²) in [7, 11) is 3.08. The number of aliphatic hydroxyl groups excluding tert-OH is 1. The molecule has 3 aromatic carbocycles. The summed E-state index contributed by atoms with van der Waals surface area (Å²) in [6.45, 7) is 3.81. The number of ketones is 1. The Balaban J connectivity index is 1.68. The molecule has 1 N–H and O–H groups in total. The number of Topliss-reactive ketones (excluding diaryl/α,β-unsaturated/α-hetero) is 1. The van der Waals surface area contributed by atoms with Gasteiger partial charge in [0.25, 0.3) is 5.91 Å². The number of fused-ring (bicyclic) bond motifs is 1. The second kappa shape index (κ2) is 8.92. The van der Waals surface area contributed by atoms with E-state index in [0.717, 1.165) is 11.1 Å². The SMILES string of the molecule is COc1ccc(C2C(C(=O)c3cc4cccc(OC)c4o3)=C(O)C(=O)N2c2cc(C)ccc2C)cc1. The number of carbonyl (C=O) groups is 2. The third-order valence-corrected chi connectivity index (χ3v) is 6.46. The molecule has 0 saturated carbocycles. The van der Waals surface area contributed by atoms with Gasteiger partial charge in [-0.1, -0.05) is 36.4 Å². The Morgan fingerprint density at radius 2 is 1.72 bits per heavy atom. The number of hydrogen-bond donors (Lipinski definition) is 1. The van der Waals surface area contributed by atoms with E-state index < -0.39 is 23.5 Å². The summed E-state index contributed by atoms with van der Waals surface area (Å²) in [5.74, 6) is -0.712. The van der Waals surface area contributed by atoms with Crippen LogP contribution in [-0.4, -0.2) is 31.0 Å². The van der Waals surface area contributed by atoms with Crippen LogP contribution in [0.3, 0.4) is 0 Å². The molecule has 1 amide bonds. The van der Waals surface area contributed by atoms with E-state index in [0.29, 0.717) is 33.7 Å². The van der Waals surface area contributed by atoms with Gasteiger partial charge < -0.3 is 19.0 Å². The molecule has 0 bridgehead atoms. The van der Waals surface area contributed by atoms with Crippen molar-refractivity contribution in [1.82, 2.24) is 0 Å². The molecular weight excluding hydrogens is 458 g/mol. The number of aryl methyl sites for hydroxylation is 2. The fourth-order valence-electron chi connectivity index (χ4n) is 4.61. The number of amides is 1. The molecule has 1 unspecified atom stereocenters. The van der Waals surface area contributed by atoms with Crippen LogP contribution in [0.4, 0.5) is 5.69 Å². The minimum absolute atomic E-state index is 0.00479. The molecule has 0 fully saturated rings. The summed E-state index contributed by atoms with van der Waals surface area (Å²) < 4.78 is 16.5. The minimum Gasteiger partial charge on any atom is -0.503 e. The van der Waals surface area contributed by atoms with Gasteiger partial charge in [0.2, 0.25) is 5.78 Å². The lowest BCUT2D eigenvalue weighted by molar-refractivity contribution is -0.117. The van der Waals surface area contributed by atoms with E-state index in [1.165, 1.54) is 12.0 Å². The van der Waals surface area contributed by atoms with E-state index in [4.69, 9.17) is 13.9 Å². The van der Waals surface area contributed by atoms with Crippen molar-refractivity contribution >= 4 is 28.3 Å². The molecule has 36 heavy (non-hydrogen) atoms. The fraction of sp³-hybridized carbons (Fsp3) is 0.172. The van der Waals surface area contributed by atoms with Crippen LogP contribution >= 0.6 is 0 Å². The number of aliphatic hydroxyl groups is 1. The average molecular weight is 484 g/mol. The van der Waals surface area contributed by atoms with Gasteiger partial charge in [-0.2, -0.15) is 0 Å². The molecular formula is C29H25NO6. The minimum atomic E-state index is -0.869. The Morgan fingerprint density at radius 3 is 2.42 bits per heavy atom. The summed E-state index contributed by atoms with van der Waals surface area (Å²) >= 11 is 0. The Morgan fingerprint density at radius 1 is 0.972 bits per heavy atom. The number of carbonyl (C=O) groups excluding carboxylic acids is 2. The summed E-state index contributed by atoms with van der Waals surface area (Å²) in [4.78, 5) is 28.8. The zero-order chi connectivity index (χ0) is 25.6. The molecule has 0 aliphatic carbocycles. The predicted octanol–water partition coefficient (Wildman–Crippen LogP) is 5.85. The highest BCUT2D eigenvalue weighted by atomic mass is 16.5. The molecule has 0 radical (unpaired) electrons. The van der Waals surface area contributed by atoms with Gasteiger partial charge in [-0.3, -0.25) is 14.5 Å². The first-order valence-electron chi connectivity index (χ1n) is 11.4. The van der Waals surface area contributed by atoms with Crippen LogP contribution < -0.4 is 14.4 Å². The van der Waals surface area contributed by atoms with Crippen molar-refractivity contribution in [3.05, 3.63) is 101 Å². The van der Waals surface area contributed by atoms with Gasteiger partial charge in [0.15, 0.2) is 22.9 Å². The van der Waals surface area contributed by atoms with Gasteiger partial charge in [0.1, 0.15) is 5.75 Å². The van der Waals surface area contributed by atoms with Gasteiger partial charge in [0.05, 0.1) is 25.8 Å². The summed E-state index contributed by atoms with van der Waals surface area (Å²) in [6, 6.07) is 18.9. The first-order valence-corrected chi connectivity index (χ1v) is 11.4. The fourth-order valence-corrected chi connectivity index (χ4v) is 4.61. The van der Waals surface area contributed by atoms with E-state index in [1.807, 2.05) is 32.0 Å². The molecule has 182 valence electrons. The Kier molecular flexibility index (Phi) is 5.76. The van der Waals surface area contributed by atoms with Gasteiger partial charge >= 0.3 is 0 Å². The number of anilines is 1. The largest absolute Gasteiger partial charge is 0.503 e. The summed E-state index contributed by atoms with van der Waals surface area (Å²) in [5.41, 5.74) is 3.40. The van der Waals surface area contributed by atoms with Crippen LogP contribution in [0.25, 0.3) is 11.0 Å². The van der Waals surface area contributed by atoms with Crippen molar-refractivity contribution < 1.29 is 28.6 Å². The van der Waals surface area contributed by atoms with Crippen LogP contribution in [0.2, 0.25) is 0 Å². The smallest absolute Gasteiger partial charge is 0.294 e. The van der Waals surface area contributed by atoms with Gasteiger partial charge in [-0.05, 0) is 60.9 Å². The third-order valence-electron chi connectivity index (χ3n) is 6.46. The topological polar surface area (TPSA) is 89.2 Å². The number of methoxy groups -OCH3 is 2. The van der Waals surface area contributed by atoms with Crippen LogP contribution in [0, 0.1) is 13.8 Å². The van der Waals surface area contributed by atoms with Crippen molar-refractivity contribution in [3.8, 4) is 11.5 Å². The number of para-hydroxylation sites is 1. The van der Waals surface area contributed by atoms with Crippen molar-refractivity contribution in [2.45, 2.75) is 19.9 Å². The molecule has 1 aliphatic heterocycles. The quantitative estimate of drug-likeness (QED) is 0.346. The van der Waals surface area contributed by atoms with Crippen LogP contribution in [-0.2, 0) is 4.79 Å². The Bertz CT molecular complexity index is 1530. The normalized spacial score (nSPS) is 15.6. The third kappa shape index (κ3) is 3.69. The second-order valence-electron chi connectivity index (χ2n) is 8.72. The Hall–Kier alpha value is -4.52. The van der Waals surface area contributed by atoms with Gasteiger partial charge in [-0.15, -0.1) is 0 Å². The number of hydrogen-bond acceptors (Lipinski definition) is 6. The lowest BCUT2D eigenvalue weighted by Crippen LogP contribution is -2.31. The van der Waals surface area contributed by atoms with Gasteiger partial charge in [-0.25, -0.2) is 0 Å². The van der Waals surface area contributed by atoms with E-state index in [2.05, 4.69) is 0 Å². The van der Waals surface area contributed by atoms with Crippen molar-refractivity contribution in [2.24, 2.45) is 0 Å². The molecule has 4 aromatic rings. The summed E-state index contributed by atoms with van der Waals surface area (Å²) in [5, 5.41) is 11.7. The zero-order valence-corrected chi connectivity index (χ0v) is 20.4. The van der Waals surface area contributed by atoms with Crippen molar-refractivity contribution in [3.63, 3.8) is 0 Å². The molecule has 7 heteroatoms. The molecule has 0 spiro atoms. The van der Waals surface area contributed by atoms with E-state index in [-0.39, 0.29) is 11.3 Å². The van der Waals surface area contributed by atoms with Crippen molar-refractivity contribution in [2.75, 3.05) is 19.1 Å². The molecule has 2 heterocycles. The lowest BCUT2D eigenvalue weighted by atomic mass is 9.94. The number of rotatable bonds is 6. The molecule has 1 aliphatic rings. The average Bonchev–Trinajstić information content (AvgIpc) is 3.44. The number of ether oxygens (including phenoxy) is 2. The van der Waals surface area contributed by atoms with Crippen LogP contribution in [0.15, 0.2) is 82.5 Å². The number of nitrogens with zero attached hydrogens (tertiary/aromatic N) is 1. The highest BCUT2D eigenvalue weighted by Gasteiger charge is 2.45. The summed E-state index contributed by atoms with van der Waals surface area (Å²) in [6.07, 6.45) is 0. The van der Waals surface area contributed by atoms with E-state index in [9.17, 15) is 14.7 Å². The van der Waals surface area contributed by atoms with E-state index in [1.54, 1.807) is 55.6 Å². The maximum atomic E-state index is 13.9. The second-order valence-corrected chi connectivity index (χ2v) is 8.72. The van der Waals surface area contributed by atoms with Gasteiger partial charge in [0, 0.05) is 11.1 Å². The molecule has 5 rings (SSSR count). The maximum Gasteiger partial charge on any atom is 0.294 e. The predicted molar refractivity (Wildman–Crippen MR) is 136 cm³/mol. The molecule has 1 atom stereocenters. The molecule has 0 saturated heterocycles. The monoisotopic (exact) mass is 483 g/mol. The highest BCUT2D eigenvalue weighted by Crippen LogP contribution is 2.44. The zero-order valence-electron chi connectivity index (χ0n) is 20.4. The molecule has 1 aromatic heterocycles. The van der Waals surface area contributed by atoms with Crippen LogP contribution in [0.1, 0.15) is 33.3 Å².